The molecule has 0 bridgehead atoms. The molecule has 2 aromatic heterocycles. The van der Waals surface area contributed by atoms with E-state index in [2.05, 4.69) is 104 Å². The summed E-state index contributed by atoms with van der Waals surface area (Å²) < 4.78 is 24.5. The molecule has 198 valence electrons. The van der Waals surface area contributed by atoms with Crippen molar-refractivity contribution in [2.45, 2.75) is 44.4 Å². The van der Waals surface area contributed by atoms with Crippen LogP contribution in [0.3, 0.4) is 0 Å². The maximum absolute atomic E-state index is 15.6. The fourth-order valence-electron chi connectivity index (χ4n) is 6.77. The average molecular weight is 527 g/mol. The van der Waals surface area contributed by atoms with E-state index >= 15 is 4.39 Å². The molecular weight excluding hydrogens is 493 g/mol. The van der Waals surface area contributed by atoms with E-state index in [9.17, 15) is 0 Å². The molecule has 6 aromatic rings. The van der Waals surface area contributed by atoms with Crippen LogP contribution in [0.25, 0.3) is 44.3 Å². The zero-order valence-corrected chi connectivity index (χ0v) is 23.0. The fraction of sp³-hybridized carbons (Fsp3) is 0.216. The number of hydrogen-bond acceptors (Lipinski definition) is 1. The lowest BCUT2D eigenvalue weighted by atomic mass is 9.76. The van der Waals surface area contributed by atoms with Gasteiger partial charge in [0.15, 0.2) is 6.20 Å². The number of aryl methyl sites for hydroxylation is 2. The molecule has 0 radical (unpaired) electrons. The first-order valence-corrected chi connectivity index (χ1v) is 14.3. The first-order valence-electron chi connectivity index (χ1n) is 14.3. The quantitative estimate of drug-likeness (QED) is 0.209. The molecule has 40 heavy (non-hydrogen) atoms. The molecule has 4 aromatic carbocycles. The molecule has 0 spiro atoms. The van der Waals surface area contributed by atoms with Crippen molar-refractivity contribution in [3.05, 3.63) is 126 Å². The van der Waals surface area contributed by atoms with Gasteiger partial charge in [-0.25, -0.2) is 8.96 Å². The second-order valence-electron chi connectivity index (χ2n) is 11.3. The van der Waals surface area contributed by atoms with Gasteiger partial charge in [0.05, 0.1) is 5.56 Å². The number of nitrogens with zero attached hydrogens (tertiary/aromatic N) is 1. The van der Waals surface area contributed by atoms with Crippen LogP contribution in [0.5, 0.6) is 0 Å². The number of benzene rings is 4. The van der Waals surface area contributed by atoms with E-state index in [4.69, 9.17) is 4.42 Å². The Morgan fingerprint density at radius 3 is 2.10 bits per heavy atom. The minimum absolute atomic E-state index is 0.149. The number of aromatic nitrogens is 1. The lowest BCUT2D eigenvalue weighted by Crippen LogP contribution is -2.30. The van der Waals surface area contributed by atoms with E-state index in [1.54, 1.807) is 6.07 Å². The van der Waals surface area contributed by atoms with Crippen LogP contribution in [-0.2, 0) is 7.05 Å². The highest BCUT2D eigenvalue weighted by molar-refractivity contribution is 6.10. The summed E-state index contributed by atoms with van der Waals surface area (Å²) in [5, 5.41) is 2.04. The first-order chi connectivity index (χ1) is 19.6. The van der Waals surface area contributed by atoms with Crippen LogP contribution >= 0.6 is 0 Å². The molecule has 2 nitrogen and oxygen atoms in total. The van der Waals surface area contributed by atoms with E-state index < -0.39 is 0 Å². The van der Waals surface area contributed by atoms with E-state index in [1.807, 2.05) is 12.1 Å². The van der Waals surface area contributed by atoms with Crippen LogP contribution < -0.4 is 4.57 Å². The predicted octanol–water partition coefficient (Wildman–Crippen LogP) is 9.63. The Balaban J connectivity index is 1.34. The summed E-state index contributed by atoms with van der Waals surface area (Å²) in [7, 11) is 2.07. The number of fused-ring (bicyclic) bond motifs is 3. The summed E-state index contributed by atoms with van der Waals surface area (Å²) >= 11 is 0. The summed E-state index contributed by atoms with van der Waals surface area (Å²) in [4.78, 5) is 0. The van der Waals surface area contributed by atoms with Gasteiger partial charge < -0.3 is 4.42 Å². The van der Waals surface area contributed by atoms with Crippen LogP contribution in [0, 0.1) is 12.7 Å². The van der Waals surface area contributed by atoms with E-state index in [0.717, 1.165) is 70.0 Å². The minimum atomic E-state index is -0.149. The highest BCUT2D eigenvalue weighted by Crippen LogP contribution is 2.46. The van der Waals surface area contributed by atoms with Crippen molar-refractivity contribution < 1.29 is 13.4 Å². The molecule has 0 N–H and O–H groups in total. The van der Waals surface area contributed by atoms with Gasteiger partial charge in [-0.1, -0.05) is 72.8 Å². The molecule has 1 aliphatic carbocycles. The number of halogens is 1. The van der Waals surface area contributed by atoms with Gasteiger partial charge >= 0.3 is 0 Å². The second-order valence-corrected chi connectivity index (χ2v) is 11.3. The van der Waals surface area contributed by atoms with Crippen LogP contribution in [0.4, 0.5) is 4.39 Å². The van der Waals surface area contributed by atoms with E-state index in [1.165, 1.54) is 11.1 Å². The fourth-order valence-corrected chi connectivity index (χ4v) is 6.77. The smallest absolute Gasteiger partial charge is 0.216 e. The maximum atomic E-state index is 15.6. The van der Waals surface area contributed by atoms with Gasteiger partial charge in [0.1, 0.15) is 24.0 Å². The molecule has 7 rings (SSSR count). The van der Waals surface area contributed by atoms with Crippen molar-refractivity contribution in [3.63, 3.8) is 0 Å². The lowest BCUT2D eigenvalue weighted by Gasteiger charge is -2.29. The Labute approximate surface area is 234 Å². The lowest BCUT2D eigenvalue weighted by molar-refractivity contribution is -0.660. The van der Waals surface area contributed by atoms with Gasteiger partial charge in [0, 0.05) is 28.5 Å². The molecule has 0 saturated heterocycles. The first kappa shape index (κ1) is 24.8. The van der Waals surface area contributed by atoms with Crippen molar-refractivity contribution in [2.75, 3.05) is 0 Å². The Hall–Kier alpha value is -4.24. The van der Waals surface area contributed by atoms with E-state index in [-0.39, 0.29) is 11.7 Å². The van der Waals surface area contributed by atoms with Crippen LogP contribution in [0.1, 0.15) is 54.2 Å². The molecule has 2 heterocycles. The van der Waals surface area contributed by atoms with E-state index in [0.29, 0.717) is 11.5 Å². The van der Waals surface area contributed by atoms with Gasteiger partial charge in [0.2, 0.25) is 5.69 Å². The Bertz CT molecular complexity index is 1830. The molecule has 0 amide bonds. The number of hydrogen-bond donors (Lipinski definition) is 0. The van der Waals surface area contributed by atoms with Crippen LogP contribution in [0.15, 0.2) is 108 Å². The van der Waals surface area contributed by atoms with Gasteiger partial charge in [-0.15, -0.1) is 0 Å². The molecule has 3 heteroatoms. The third kappa shape index (κ3) is 4.21. The molecular formula is C37H33FNO+. The van der Waals surface area contributed by atoms with Gasteiger partial charge in [-0.05, 0) is 78.8 Å². The van der Waals surface area contributed by atoms with Gasteiger partial charge in [-0.3, -0.25) is 0 Å². The third-order valence-electron chi connectivity index (χ3n) is 8.92. The van der Waals surface area contributed by atoms with Gasteiger partial charge in [-0.2, -0.15) is 0 Å². The predicted molar refractivity (Wildman–Crippen MR) is 161 cm³/mol. The molecule has 1 aliphatic rings. The maximum Gasteiger partial charge on any atom is 0.216 e. The summed E-state index contributed by atoms with van der Waals surface area (Å²) in [5.41, 5.74) is 9.31. The zero-order chi connectivity index (χ0) is 27.2. The SMILES string of the molecule is Cc1ccc2c(oc3c(C4CCC(c5ccccc5)CC4)c(F)ccc32)c1-c1cc(-c2ccccc2)cc[n+]1C. The summed E-state index contributed by atoms with van der Waals surface area (Å²) in [6.07, 6.45) is 6.17. The highest BCUT2D eigenvalue weighted by Gasteiger charge is 2.29. The van der Waals surface area contributed by atoms with Crippen molar-refractivity contribution >= 4 is 21.9 Å². The van der Waals surface area contributed by atoms with Crippen molar-refractivity contribution in [1.82, 2.24) is 0 Å². The second kappa shape index (κ2) is 10.1. The molecule has 0 atom stereocenters. The average Bonchev–Trinajstić information content (AvgIpc) is 3.37. The topological polar surface area (TPSA) is 17.0 Å². The summed E-state index contributed by atoms with van der Waals surface area (Å²) in [5.74, 6) is 0.553. The standard InChI is InChI=1S/C37H33FNO/c1-24-13-18-30-31-19-20-32(38)35(28-16-14-27(15-17-28)25-9-5-3-6-10-25)37(31)40-36(30)34(24)33-23-29(21-22-39(33)2)26-11-7-4-8-12-26/h3-13,18-23,27-28H,14-17H2,1-2H3/q+1. The van der Waals surface area contributed by atoms with Gasteiger partial charge in [0.25, 0.3) is 0 Å². The highest BCUT2D eigenvalue weighted by atomic mass is 19.1. The Morgan fingerprint density at radius 2 is 1.35 bits per heavy atom. The zero-order valence-electron chi connectivity index (χ0n) is 23.0. The summed E-state index contributed by atoms with van der Waals surface area (Å²) in [6.45, 7) is 2.13. The Kier molecular flexibility index (Phi) is 6.23. The Morgan fingerprint density at radius 1 is 0.700 bits per heavy atom. The minimum Gasteiger partial charge on any atom is -0.455 e. The van der Waals surface area contributed by atoms with Crippen molar-refractivity contribution in [1.29, 1.82) is 0 Å². The molecule has 0 unspecified atom stereocenters. The number of furan rings is 1. The molecule has 1 fully saturated rings. The third-order valence-corrected chi connectivity index (χ3v) is 8.92. The largest absolute Gasteiger partial charge is 0.455 e. The monoisotopic (exact) mass is 526 g/mol. The number of rotatable bonds is 4. The van der Waals surface area contributed by atoms with Crippen LogP contribution in [-0.4, -0.2) is 0 Å². The van der Waals surface area contributed by atoms with Crippen LogP contribution in [0.2, 0.25) is 0 Å². The van der Waals surface area contributed by atoms with Crippen molar-refractivity contribution in [3.8, 4) is 22.4 Å². The molecule has 1 saturated carbocycles. The van der Waals surface area contributed by atoms with Crippen molar-refractivity contribution in [2.24, 2.45) is 7.05 Å². The normalized spacial score (nSPS) is 17.5. The summed E-state index contributed by atoms with van der Waals surface area (Å²) in [6, 6.07) is 33.4. The molecule has 0 aliphatic heterocycles. The number of pyridine rings is 1.